The van der Waals surface area contributed by atoms with Gasteiger partial charge in [-0.2, -0.15) is 5.10 Å². The lowest BCUT2D eigenvalue weighted by Gasteiger charge is -2.45. The van der Waals surface area contributed by atoms with Gasteiger partial charge in [-0.3, -0.25) is 14.3 Å². The van der Waals surface area contributed by atoms with Crippen molar-refractivity contribution in [1.82, 2.24) is 25.0 Å². The molecule has 0 radical (unpaired) electrons. The summed E-state index contributed by atoms with van der Waals surface area (Å²) in [4.78, 5) is 29.4. The van der Waals surface area contributed by atoms with E-state index >= 15 is 0 Å². The maximum atomic E-state index is 12.4. The van der Waals surface area contributed by atoms with Crippen LogP contribution in [0.3, 0.4) is 0 Å². The first-order valence-electron chi connectivity index (χ1n) is 8.26. The predicted octanol–water partition coefficient (Wildman–Crippen LogP) is 1.17. The van der Waals surface area contributed by atoms with Crippen molar-refractivity contribution in [3.8, 4) is 0 Å². The van der Waals surface area contributed by atoms with Gasteiger partial charge in [-0.15, -0.1) is 0 Å². The van der Waals surface area contributed by atoms with Crippen LogP contribution >= 0.6 is 0 Å². The van der Waals surface area contributed by atoms with Gasteiger partial charge in [-0.1, -0.05) is 0 Å². The topological polar surface area (TPSA) is 83.0 Å². The van der Waals surface area contributed by atoms with Crippen LogP contribution in [-0.2, 0) is 7.05 Å². The number of carbonyl (C=O) groups is 2. The third kappa shape index (κ3) is 2.60. The number of amides is 2. The first-order chi connectivity index (χ1) is 11.5. The average Bonchev–Trinajstić information content (AvgIpc) is 3.26. The summed E-state index contributed by atoms with van der Waals surface area (Å²) in [7, 11) is 1.80. The van der Waals surface area contributed by atoms with Gasteiger partial charge in [0.2, 0.25) is 0 Å². The molecule has 1 spiro atoms. The molecule has 7 nitrogen and oxygen atoms in total. The van der Waals surface area contributed by atoms with Gasteiger partial charge in [0.05, 0.1) is 17.3 Å². The number of nitrogens with zero attached hydrogens (tertiary/aromatic N) is 3. The summed E-state index contributed by atoms with van der Waals surface area (Å²) < 4.78 is 1.62. The van der Waals surface area contributed by atoms with Gasteiger partial charge in [0.1, 0.15) is 0 Å². The van der Waals surface area contributed by atoms with Gasteiger partial charge < -0.3 is 15.2 Å². The lowest BCUT2D eigenvalue weighted by molar-refractivity contribution is 0.0610. The second-order valence-corrected chi connectivity index (χ2v) is 7.06. The van der Waals surface area contributed by atoms with Crippen molar-refractivity contribution in [3.05, 3.63) is 42.0 Å². The molecule has 0 bridgehead atoms. The number of hydrogen-bond acceptors (Lipinski definition) is 3. The van der Waals surface area contributed by atoms with Crippen molar-refractivity contribution in [2.45, 2.75) is 25.3 Å². The van der Waals surface area contributed by atoms with Crippen molar-refractivity contribution < 1.29 is 9.59 Å². The fourth-order valence-corrected chi connectivity index (χ4v) is 3.98. The largest absolute Gasteiger partial charge is 0.367 e. The summed E-state index contributed by atoms with van der Waals surface area (Å²) in [6.07, 6.45) is 9.71. The molecule has 4 rings (SSSR count). The molecule has 7 heteroatoms. The van der Waals surface area contributed by atoms with Gasteiger partial charge in [0.15, 0.2) is 0 Å². The maximum Gasteiger partial charge on any atom is 0.255 e. The number of aryl methyl sites for hydroxylation is 1. The molecule has 2 N–H and O–H groups in total. The molecule has 1 saturated heterocycles. The van der Waals surface area contributed by atoms with E-state index in [0.717, 1.165) is 32.4 Å². The Bertz CT molecular complexity index is 758. The normalized spacial score (nSPS) is 25.7. The molecule has 1 saturated carbocycles. The number of rotatable bonds is 3. The van der Waals surface area contributed by atoms with E-state index in [4.69, 9.17) is 0 Å². The molecular formula is C17H21N5O2. The monoisotopic (exact) mass is 327 g/mol. The van der Waals surface area contributed by atoms with E-state index in [-0.39, 0.29) is 23.3 Å². The molecule has 1 aliphatic carbocycles. The number of likely N-dealkylation sites (tertiary alicyclic amines) is 1. The van der Waals surface area contributed by atoms with Crippen LogP contribution in [0.2, 0.25) is 0 Å². The van der Waals surface area contributed by atoms with Crippen molar-refractivity contribution in [2.75, 3.05) is 13.1 Å². The molecule has 3 heterocycles. The minimum absolute atomic E-state index is 0.0683. The van der Waals surface area contributed by atoms with Crippen LogP contribution in [0.15, 0.2) is 30.9 Å². The number of aromatic nitrogens is 3. The first kappa shape index (κ1) is 15.0. The molecule has 2 amide bonds. The van der Waals surface area contributed by atoms with Crippen molar-refractivity contribution in [3.63, 3.8) is 0 Å². The Morgan fingerprint density at radius 2 is 2.21 bits per heavy atom. The summed E-state index contributed by atoms with van der Waals surface area (Å²) in [5, 5.41) is 7.09. The van der Waals surface area contributed by atoms with Crippen LogP contribution in [0.5, 0.6) is 0 Å². The molecule has 2 aromatic heterocycles. The summed E-state index contributed by atoms with van der Waals surface area (Å²) in [5.74, 6) is 0.0252. The summed E-state index contributed by atoms with van der Waals surface area (Å²) in [6.45, 7) is 1.59. The lowest BCUT2D eigenvalue weighted by Crippen LogP contribution is -2.52. The fourth-order valence-electron chi connectivity index (χ4n) is 3.98. The van der Waals surface area contributed by atoms with Crippen molar-refractivity contribution >= 4 is 11.8 Å². The van der Waals surface area contributed by atoms with E-state index in [2.05, 4.69) is 15.4 Å². The minimum atomic E-state index is -0.0683. The van der Waals surface area contributed by atoms with E-state index in [9.17, 15) is 9.59 Å². The highest BCUT2D eigenvalue weighted by molar-refractivity contribution is 5.94. The number of hydrogen-bond donors (Lipinski definition) is 2. The van der Waals surface area contributed by atoms with E-state index in [1.54, 1.807) is 36.5 Å². The Kier molecular flexibility index (Phi) is 3.44. The zero-order chi connectivity index (χ0) is 16.7. The second-order valence-electron chi connectivity index (χ2n) is 7.06. The number of nitrogens with one attached hydrogen (secondary N) is 2. The van der Waals surface area contributed by atoms with Gasteiger partial charge in [0, 0.05) is 44.8 Å². The molecule has 126 valence electrons. The van der Waals surface area contributed by atoms with Crippen LogP contribution in [-0.4, -0.2) is 50.6 Å². The van der Waals surface area contributed by atoms with E-state index in [1.165, 1.54) is 0 Å². The first-order valence-corrected chi connectivity index (χ1v) is 8.26. The van der Waals surface area contributed by atoms with E-state index in [0.29, 0.717) is 11.1 Å². The predicted molar refractivity (Wildman–Crippen MR) is 87.4 cm³/mol. The molecule has 0 atom stereocenters. The quantitative estimate of drug-likeness (QED) is 0.888. The molecule has 2 aromatic rings. The van der Waals surface area contributed by atoms with Gasteiger partial charge in [-0.05, 0) is 30.7 Å². The third-order valence-electron chi connectivity index (χ3n) is 5.23. The van der Waals surface area contributed by atoms with Crippen LogP contribution in [0.25, 0.3) is 0 Å². The Hall–Kier alpha value is -2.57. The minimum Gasteiger partial charge on any atom is -0.367 e. The third-order valence-corrected chi connectivity index (χ3v) is 5.23. The lowest BCUT2D eigenvalue weighted by atomic mass is 9.65. The highest BCUT2D eigenvalue weighted by Gasteiger charge is 2.49. The van der Waals surface area contributed by atoms with Gasteiger partial charge in [0.25, 0.3) is 11.8 Å². The standard InChI is InChI=1S/C17H21N5O2/c1-21-10-13(9-19-21)15(23)20-14-6-17(7-14)3-5-22(11-17)16(24)12-2-4-18-8-12/h2,4,8-10,14,18H,3,5-7,11H2,1H3,(H,20,23). The smallest absolute Gasteiger partial charge is 0.255 e. The molecule has 0 unspecified atom stereocenters. The maximum absolute atomic E-state index is 12.4. The number of H-pyrrole nitrogens is 1. The fraction of sp³-hybridized carbons (Fsp3) is 0.471. The second kappa shape index (κ2) is 5.51. The Labute approximate surface area is 140 Å². The SMILES string of the molecule is Cn1cc(C(=O)NC2CC3(CCN(C(=O)c4cc[nH]c4)C3)C2)cn1. The van der Waals surface area contributed by atoms with Crippen molar-refractivity contribution in [1.29, 1.82) is 0 Å². The highest BCUT2D eigenvalue weighted by atomic mass is 16.2. The summed E-state index contributed by atoms with van der Waals surface area (Å²) in [6, 6.07) is 2.00. The van der Waals surface area contributed by atoms with Crippen LogP contribution in [0, 0.1) is 5.41 Å². The Morgan fingerprint density at radius 1 is 1.38 bits per heavy atom. The van der Waals surface area contributed by atoms with Crippen molar-refractivity contribution in [2.24, 2.45) is 12.5 Å². The van der Waals surface area contributed by atoms with Gasteiger partial charge >= 0.3 is 0 Å². The van der Waals surface area contributed by atoms with E-state index in [1.807, 2.05) is 11.0 Å². The zero-order valence-electron chi connectivity index (χ0n) is 13.7. The molecular weight excluding hydrogens is 306 g/mol. The molecule has 24 heavy (non-hydrogen) atoms. The Morgan fingerprint density at radius 3 is 2.88 bits per heavy atom. The molecule has 2 fully saturated rings. The van der Waals surface area contributed by atoms with Gasteiger partial charge in [-0.25, -0.2) is 0 Å². The average molecular weight is 327 g/mol. The zero-order valence-corrected chi connectivity index (χ0v) is 13.7. The number of carbonyl (C=O) groups excluding carboxylic acids is 2. The highest BCUT2D eigenvalue weighted by Crippen LogP contribution is 2.48. The molecule has 1 aliphatic heterocycles. The molecule has 2 aliphatic rings. The number of aromatic amines is 1. The van der Waals surface area contributed by atoms with Crippen LogP contribution in [0.1, 0.15) is 40.0 Å². The summed E-state index contributed by atoms with van der Waals surface area (Å²) >= 11 is 0. The van der Waals surface area contributed by atoms with Crippen LogP contribution in [0.4, 0.5) is 0 Å². The molecule has 0 aromatic carbocycles. The van der Waals surface area contributed by atoms with E-state index < -0.39 is 0 Å². The summed E-state index contributed by atoms with van der Waals surface area (Å²) in [5.41, 5.74) is 1.49. The Balaban J connectivity index is 1.31. The van der Waals surface area contributed by atoms with Crippen LogP contribution < -0.4 is 5.32 Å².